The number of hydrogen-bond donors (Lipinski definition) is 1. The molecule has 0 amide bonds. The van der Waals surface area contributed by atoms with Crippen molar-refractivity contribution in [2.75, 3.05) is 13.1 Å². The molecule has 3 nitrogen and oxygen atoms in total. The van der Waals surface area contributed by atoms with E-state index in [1.54, 1.807) is 0 Å². The predicted molar refractivity (Wildman–Crippen MR) is 75.1 cm³/mol. The zero-order valence-electron chi connectivity index (χ0n) is 12.4. The van der Waals surface area contributed by atoms with Crippen LogP contribution >= 0.6 is 0 Å². The van der Waals surface area contributed by atoms with Crippen LogP contribution in [0.3, 0.4) is 0 Å². The van der Waals surface area contributed by atoms with Gasteiger partial charge in [-0.05, 0) is 26.8 Å². The molecular weight excluding hydrogens is 281 g/mol. The Labute approximate surface area is 123 Å². The van der Waals surface area contributed by atoms with E-state index in [1.807, 2.05) is 6.92 Å². The lowest BCUT2D eigenvalue weighted by Crippen LogP contribution is -2.54. The van der Waals surface area contributed by atoms with Crippen molar-refractivity contribution in [3.8, 4) is 5.75 Å². The van der Waals surface area contributed by atoms with Crippen LogP contribution in [-0.4, -0.2) is 36.7 Å². The summed E-state index contributed by atoms with van der Waals surface area (Å²) in [5.41, 5.74) is 0.581. The Balaban J connectivity index is 2.27. The van der Waals surface area contributed by atoms with Gasteiger partial charge in [0.05, 0.1) is 0 Å². The van der Waals surface area contributed by atoms with Crippen molar-refractivity contribution < 1.29 is 17.9 Å². The van der Waals surface area contributed by atoms with Crippen LogP contribution in [0.2, 0.25) is 0 Å². The Hall–Kier alpha value is -1.27. The maximum absolute atomic E-state index is 13.3. The molecule has 1 heterocycles. The van der Waals surface area contributed by atoms with Crippen LogP contribution in [0.5, 0.6) is 5.75 Å². The highest BCUT2D eigenvalue weighted by atomic mass is 19.3. The first-order chi connectivity index (χ1) is 9.88. The highest BCUT2D eigenvalue weighted by Gasteiger charge is 2.29. The summed E-state index contributed by atoms with van der Waals surface area (Å²) in [5, 5.41) is 3.37. The average Bonchev–Trinajstić information content (AvgIpc) is 2.40. The average molecular weight is 302 g/mol. The monoisotopic (exact) mass is 302 g/mol. The van der Waals surface area contributed by atoms with Crippen LogP contribution in [0.15, 0.2) is 18.2 Å². The van der Waals surface area contributed by atoms with E-state index in [0.29, 0.717) is 11.6 Å². The minimum absolute atomic E-state index is 0.0871. The lowest BCUT2D eigenvalue weighted by atomic mass is 10.0. The Kier molecular flexibility index (Phi) is 5.11. The Bertz CT molecular complexity index is 484. The lowest BCUT2D eigenvalue weighted by Gasteiger charge is -2.41. The van der Waals surface area contributed by atoms with E-state index in [9.17, 15) is 13.2 Å². The molecule has 2 rings (SSSR count). The summed E-state index contributed by atoms with van der Waals surface area (Å²) in [4.78, 5) is 2.22. The maximum Gasteiger partial charge on any atom is 0.387 e. The van der Waals surface area contributed by atoms with E-state index in [1.165, 1.54) is 12.1 Å². The number of rotatable bonds is 4. The van der Waals surface area contributed by atoms with Crippen LogP contribution in [0, 0.1) is 5.82 Å². The molecule has 1 saturated heterocycles. The van der Waals surface area contributed by atoms with Crippen LogP contribution in [0.4, 0.5) is 13.2 Å². The quantitative estimate of drug-likeness (QED) is 0.924. The molecule has 0 spiro atoms. The molecule has 21 heavy (non-hydrogen) atoms. The van der Waals surface area contributed by atoms with Gasteiger partial charge < -0.3 is 10.1 Å². The standard InChI is InChI=1S/C15H21F3N2O/c1-9-8-20(10(2)7-19-9)11(3)13-5-4-12(16)6-14(13)21-15(17)18/h4-6,9-11,15,19H,7-8H2,1-3H3/t9-,10+,11?/m0/s1. The first-order valence-corrected chi connectivity index (χ1v) is 7.12. The van der Waals surface area contributed by atoms with Gasteiger partial charge in [0, 0.05) is 42.8 Å². The topological polar surface area (TPSA) is 24.5 Å². The first-order valence-electron chi connectivity index (χ1n) is 7.12. The Morgan fingerprint density at radius 2 is 2.05 bits per heavy atom. The molecule has 0 radical (unpaired) electrons. The minimum atomic E-state index is -2.96. The third kappa shape index (κ3) is 3.89. The molecule has 1 aromatic rings. The molecule has 1 aromatic carbocycles. The Morgan fingerprint density at radius 1 is 1.33 bits per heavy atom. The second kappa shape index (κ2) is 6.66. The van der Waals surface area contributed by atoms with Gasteiger partial charge in [0.1, 0.15) is 11.6 Å². The van der Waals surface area contributed by atoms with Gasteiger partial charge in [0.25, 0.3) is 0 Å². The number of ether oxygens (including phenoxy) is 1. The SMILES string of the molecule is CC(c1ccc(F)cc1OC(F)F)N1C[C@H](C)NC[C@H]1C. The number of halogens is 3. The van der Waals surface area contributed by atoms with Gasteiger partial charge in [0.15, 0.2) is 0 Å². The van der Waals surface area contributed by atoms with Crippen LogP contribution in [0.25, 0.3) is 0 Å². The van der Waals surface area contributed by atoms with E-state index in [4.69, 9.17) is 0 Å². The summed E-state index contributed by atoms with van der Waals surface area (Å²) >= 11 is 0. The van der Waals surface area contributed by atoms with E-state index in [-0.39, 0.29) is 17.8 Å². The third-order valence-corrected chi connectivity index (χ3v) is 3.95. The predicted octanol–water partition coefficient (Wildman–Crippen LogP) is 3.17. The molecule has 1 aliphatic rings. The van der Waals surface area contributed by atoms with Gasteiger partial charge in [-0.25, -0.2) is 4.39 Å². The van der Waals surface area contributed by atoms with Crippen LogP contribution < -0.4 is 10.1 Å². The molecule has 0 bridgehead atoms. The smallest absolute Gasteiger partial charge is 0.387 e. The minimum Gasteiger partial charge on any atom is -0.434 e. The molecule has 1 N–H and O–H groups in total. The molecule has 3 atom stereocenters. The van der Waals surface area contributed by atoms with Crippen molar-refractivity contribution in [2.45, 2.75) is 45.5 Å². The first kappa shape index (κ1) is 16.1. The van der Waals surface area contributed by atoms with Gasteiger partial charge in [-0.2, -0.15) is 8.78 Å². The molecule has 6 heteroatoms. The number of hydrogen-bond acceptors (Lipinski definition) is 3. The van der Waals surface area contributed by atoms with Gasteiger partial charge in [-0.15, -0.1) is 0 Å². The molecule has 118 valence electrons. The number of alkyl halides is 2. The van der Waals surface area contributed by atoms with Crippen LogP contribution in [-0.2, 0) is 0 Å². The number of nitrogens with one attached hydrogen (secondary N) is 1. The number of nitrogens with zero attached hydrogens (tertiary/aromatic N) is 1. The zero-order valence-corrected chi connectivity index (χ0v) is 12.4. The highest BCUT2D eigenvalue weighted by Crippen LogP contribution is 2.32. The van der Waals surface area contributed by atoms with Crippen molar-refractivity contribution in [3.63, 3.8) is 0 Å². The summed E-state index contributed by atoms with van der Waals surface area (Å²) in [6.07, 6.45) is 0. The molecule has 1 unspecified atom stereocenters. The molecular formula is C15H21F3N2O. The summed E-state index contributed by atoms with van der Waals surface area (Å²) in [7, 11) is 0. The third-order valence-electron chi connectivity index (χ3n) is 3.95. The van der Waals surface area contributed by atoms with Gasteiger partial charge in [-0.3, -0.25) is 4.90 Å². The molecule has 0 aromatic heterocycles. The summed E-state index contributed by atoms with van der Waals surface area (Å²) in [6, 6.07) is 4.29. The lowest BCUT2D eigenvalue weighted by molar-refractivity contribution is -0.0515. The van der Waals surface area contributed by atoms with Gasteiger partial charge >= 0.3 is 6.61 Å². The van der Waals surface area contributed by atoms with Gasteiger partial charge in [0.2, 0.25) is 0 Å². The van der Waals surface area contributed by atoms with E-state index in [0.717, 1.165) is 19.2 Å². The molecule has 1 aliphatic heterocycles. The van der Waals surface area contributed by atoms with Crippen molar-refractivity contribution in [1.82, 2.24) is 10.2 Å². The molecule has 0 aliphatic carbocycles. The number of piperazine rings is 1. The molecule has 1 fully saturated rings. The second-order valence-corrected chi connectivity index (χ2v) is 5.59. The van der Waals surface area contributed by atoms with Crippen molar-refractivity contribution in [2.24, 2.45) is 0 Å². The highest BCUT2D eigenvalue weighted by molar-refractivity contribution is 5.36. The summed E-state index contributed by atoms with van der Waals surface area (Å²) in [5.74, 6) is -0.667. The van der Waals surface area contributed by atoms with Crippen molar-refractivity contribution >= 4 is 0 Å². The summed E-state index contributed by atoms with van der Waals surface area (Å²) < 4.78 is 42.8. The summed E-state index contributed by atoms with van der Waals surface area (Å²) in [6.45, 7) is 4.75. The van der Waals surface area contributed by atoms with Gasteiger partial charge in [-0.1, -0.05) is 6.07 Å². The fraction of sp³-hybridized carbons (Fsp3) is 0.600. The van der Waals surface area contributed by atoms with Crippen LogP contribution in [0.1, 0.15) is 32.4 Å². The van der Waals surface area contributed by atoms with E-state index < -0.39 is 12.4 Å². The normalized spacial score (nSPS) is 25.1. The van der Waals surface area contributed by atoms with E-state index in [2.05, 4.69) is 28.8 Å². The van der Waals surface area contributed by atoms with E-state index >= 15 is 0 Å². The maximum atomic E-state index is 13.3. The Morgan fingerprint density at radius 3 is 2.71 bits per heavy atom. The fourth-order valence-electron chi connectivity index (χ4n) is 2.82. The fourth-order valence-corrected chi connectivity index (χ4v) is 2.82. The second-order valence-electron chi connectivity index (χ2n) is 5.59. The number of benzene rings is 1. The largest absolute Gasteiger partial charge is 0.434 e. The molecule has 0 saturated carbocycles. The zero-order chi connectivity index (χ0) is 15.6. The van der Waals surface area contributed by atoms with Crippen molar-refractivity contribution in [1.29, 1.82) is 0 Å². The van der Waals surface area contributed by atoms with Crippen molar-refractivity contribution in [3.05, 3.63) is 29.6 Å².